The van der Waals surface area contributed by atoms with Gasteiger partial charge in [0.15, 0.2) is 0 Å². The third kappa shape index (κ3) is 5.00. The van der Waals surface area contributed by atoms with Crippen LogP contribution in [0.4, 0.5) is 9.59 Å². The van der Waals surface area contributed by atoms with E-state index in [4.69, 9.17) is 4.74 Å². The molecule has 0 aliphatic carbocycles. The number of aromatic nitrogens is 2. The maximum atomic E-state index is 13.2. The van der Waals surface area contributed by atoms with Crippen LogP contribution in [0.5, 0.6) is 0 Å². The Balaban J connectivity index is 1.60. The van der Waals surface area contributed by atoms with Gasteiger partial charge in [0.25, 0.3) is 0 Å². The minimum absolute atomic E-state index is 0.0282. The van der Waals surface area contributed by atoms with E-state index in [1.54, 1.807) is 41.4 Å². The molecule has 1 aromatic heterocycles. The number of ether oxygens (including phenoxy) is 1. The summed E-state index contributed by atoms with van der Waals surface area (Å²) in [6.07, 6.45) is 1.89. The van der Waals surface area contributed by atoms with Gasteiger partial charge in [-0.15, -0.1) is 0 Å². The molecule has 0 bridgehead atoms. The molecule has 172 valence electrons. The monoisotopic (exact) mass is 434 g/mol. The molecule has 2 aliphatic rings. The Bertz CT molecular complexity index is 837. The molecule has 3 amide bonds. The van der Waals surface area contributed by atoms with Crippen LogP contribution in [0.2, 0.25) is 0 Å². The van der Waals surface area contributed by atoms with Gasteiger partial charge in [-0.05, 0) is 33.6 Å². The molecule has 1 fully saturated rings. The van der Waals surface area contributed by atoms with Gasteiger partial charge in [-0.1, -0.05) is 20.3 Å². The summed E-state index contributed by atoms with van der Waals surface area (Å²) in [6.45, 7) is 13.7. The fraction of sp³-hybridized carbons (Fsp3) is 0.714. The van der Waals surface area contributed by atoms with Crippen molar-refractivity contribution < 1.29 is 19.1 Å². The minimum atomic E-state index is -0.644. The Hall–Kier alpha value is -2.62. The smallest absolute Gasteiger partial charge is 0.408 e. The summed E-state index contributed by atoms with van der Waals surface area (Å²) in [4.78, 5) is 44.2. The lowest BCUT2D eigenvalue weighted by Crippen LogP contribution is -2.59. The van der Waals surface area contributed by atoms with Crippen LogP contribution in [0.15, 0.2) is 6.20 Å². The van der Waals surface area contributed by atoms with Crippen molar-refractivity contribution in [2.75, 3.05) is 26.2 Å². The number of rotatable bonds is 5. The second-order valence-electron chi connectivity index (χ2n) is 9.26. The molecule has 3 rings (SSSR count). The van der Waals surface area contributed by atoms with Gasteiger partial charge in [0, 0.05) is 26.2 Å². The number of carbonyl (C=O) groups excluding carboxylic acids is 3. The zero-order valence-electron chi connectivity index (χ0n) is 19.3. The second-order valence-corrected chi connectivity index (χ2v) is 9.26. The zero-order valence-corrected chi connectivity index (χ0v) is 19.3. The van der Waals surface area contributed by atoms with Gasteiger partial charge in [-0.25, -0.2) is 24.1 Å². The third-order valence-electron chi connectivity index (χ3n) is 5.80. The van der Waals surface area contributed by atoms with E-state index in [1.165, 1.54) is 0 Å². The largest absolute Gasteiger partial charge is 0.444 e. The van der Waals surface area contributed by atoms with Crippen LogP contribution in [0.1, 0.15) is 52.6 Å². The molecule has 1 aromatic rings. The Labute approximate surface area is 183 Å². The molecule has 10 heteroatoms. The van der Waals surface area contributed by atoms with Crippen LogP contribution in [0.25, 0.3) is 0 Å². The number of alkyl carbamates (subject to hydrolysis) is 1. The molecule has 2 atom stereocenters. The van der Waals surface area contributed by atoms with Crippen LogP contribution in [0, 0.1) is 12.8 Å². The van der Waals surface area contributed by atoms with Crippen molar-refractivity contribution in [2.24, 2.45) is 5.92 Å². The molecule has 0 radical (unpaired) electrons. The molecule has 0 unspecified atom stereocenters. The van der Waals surface area contributed by atoms with E-state index in [0.29, 0.717) is 38.5 Å². The molecular formula is C21H34N6O4. The van der Waals surface area contributed by atoms with Crippen LogP contribution in [-0.2, 0) is 16.1 Å². The lowest BCUT2D eigenvalue weighted by atomic mass is 9.97. The van der Waals surface area contributed by atoms with Gasteiger partial charge in [0.05, 0.1) is 18.4 Å². The summed E-state index contributed by atoms with van der Waals surface area (Å²) in [6, 6.07) is -0.747. The number of hydrogen-bond donors (Lipinski definition) is 1. The first-order valence-corrected chi connectivity index (χ1v) is 10.9. The van der Waals surface area contributed by atoms with E-state index in [1.807, 2.05) is 25.8 Å². The summed E-state index contributed by atoms with van der Waals surface area (Å²) >= 11 is 0. The van der Waals surface area contributed by atoms with Gasteiger partial charge >= 0.3 is 12.1 Å². The Morgan fingerprint density at radius 1 is 1.23 bits per heavy atom. The summed E-state index contributed by atoms with van der Waals surface area (Å²) in [5.74, 6) is 0.541. The van der Waals surface area contributed by atoms with Crippen LogP contribution in [-0.4, -0.2) is 80.3 Å². The highest BCUT2D eigenvalue weighted by Crippen LogP contribution is 2.22. The van der Waals surface area contributed by atoms with Crippen LogP contribution < -0.4 is 5.32 Å². The third-order valence-corrected chi connectivity index (χ3v) is 5.80. The van der Waals surface area contributed by atoms with Crippen molar-refractivity contribution in [1.29, 1.82) is 0 Å². The molecule has 0 spiro atoms. The van der Waals surface area contributed by atoms with E-state index < -0.39 is 17.7 Å². The number of piperazine rings is 1. The standard InChI is InChI=1S/C21H34N6O4/c1-7-14(2)17(23-19(29)31-21(4,5)6)18(28)24-8-10-25(11-9-24)26-13-16-12-22-15(3)27(16)20(26)30/h12,14,17H,7-11,13H2,1-6H3,(H,23,29)/t14-,17+/m0/s1. The first-order chi connectivity index (χ1) is 14.5. The Morgan fingerprint density at radius 3 is 2.42 bits per heavy atom. The van der Waals surface area contributed by atoms with Gasteiger partial charge in [-0.3, -0.25) is 9.80 Å². The van der Waals surface area contributed by atoms with Crippen molar-refractivity contribution in [1.82, 2.24) is 29.8 Å². The first-order valence-electron chi connectivity index (χ1n) is 10.9. The lowest BCUT2D eigenvalue weighted by Gasteiger charge is -2.40. The SMILES string of the molecule is CC[C@H](C)[C@@H](NC(=O)OC(C)(C)C)C(=O)N1CCN(N2Cc3cnc(C)n3C2=O)CC1. The number of aryl methyl sites for hydroxylation is 1. The lowest BCUT2D eigenvalue weighted by molar-refractivity contribution is -0.138. The fourth-order valence-corrected chi connectivity index (χ4v) is 3.89. The van der Waals surface area contributed by atoms with E-state index in [-0.39, 0.29) is 17.9 Å². The van der Waals surface area contributed by atoms with Crippen LogP contribution >= 0.6 is 0 Å². The molecule has 0 saturated carbocycles. The number of nitrogens with one attached hydrogen (secondary N) is 1. The number of fused-ring (bicyclic) bond motifs is 1. The van der Waals surface area contributed by atoms with Crippen molar-refractivity contribution in [3.8, 4) is 0 Å². The molecular weight excluding hydrogens is 400 g/mol. The van der Waals surface area contributed by atoms with Gasteiger partial charge < -0.3 is 15.0 Å². The summed E-state index contributed by atoms with van der Waals surface area (Å²) in [5, 5.41) is 6.47. The summed E-state index contributed by atoms with van der Waals surface area (Å²) in [7, 11) is 0. The van der Waals surface area contributed by atoms with E-state index in [2.05, 4.69) is 10.3 Å². The highest BCUT2D eigenvalue weighted by atomic mass is 16.6. The van der Waals surface area contributed by atoms with E-state index >= 15 is 0 Å². The Morgan fingerprint density at radius 2 is 1.87 bits per heavy atom. The fourth-order valence-electron chi connectivity index (χ4n) is 3.89. The summed E-state index contributed by atoms with van der Waals surface area (Å²) in [5.41, 5.74) is 0.243. The summed E-state index contributed by atoms with van der Waals surface area (Å²) < 4.78 is 6.98. The predicted octanol–water partition coefficient (Wildman–Crippen LogP) is 1.97. The number of amides is 3. The molecule has 3 heterocycles. The molecule has 2 aliphatic heterocycles. The minimum Gasteiger partial charge on any atom is -0.444 e. The van der Waals surface area contributed by atoms with Crippen LogP contribution in [0.3, 0.4) is 0 Å². The molecule has 31 heavy (non-hydrogen) atoms. The molecule has 0 aromatic carbocycles. The normalized spacial score (nSPS) is 19.2. The topological polar surface area (TPSA) is 100 Å². The quantitative estimate of drug-likeness (QED) is 0.761. The maximum Gasteiger partial charge on any atom is 0.408 e. The number of nitrogens with zero attached hydrogens (tertiary/aromatic N) is 5. The van der Waals surface area contributed by atoms with Crippen molar-refractivity contribution in [3.63, 3.8) is 0 Å². The van der Waals surface area contributed by atoms with Gasteiger partial charge in [0.1, 0.15) is 17.5 Å². The highest BCUT2D eigenvalue weighted by molar-refractivity contribution is 5.86. The maximum absolute atomic E-state index is 13.2. The number of imidazole rings is 1. The average Bonchev–Trinajstić information content (AvgIpc) is 3.23. The van der Waals surface area contributed by atoms with Crippen molar-refractivity contribution in [2.45, 2.75) is 66.2 Å². The average molecular weight is 435 g/mol. The van der Waals surface area contributed by atoms with Gasteiger partial charge in [0.2, 0.25) is 5.91 Å². The molecule has 1 N–H and O–H groups in total. The highest BCUT2D eigenvalue weighted by Gasteiger charge is 2.37. The first kappa shape index (κ1) is 23.1. The molecule has 10 nitrogen and oxygen atoms in total. The van der Waals surface area contributed by atoms with Crippen molar-refractivity contribution >= 4 is 18.0 Å². The molecule has 1 saturated heterocycles. The predicted molar refractivity (Wildman–Crippen MR) is 114 cm³/mol. The van der Waals surface area contributed by atoms with Gasteiger partial charge in [-0.2, -0.15) is 0 Å². The van der Waals surface area contributed by atoms with Crippen molar-refractivity contribution in [3.05, 3.63) is 17.7 Å². The zero-order chi connectivity index (χ0) is 22.9. The number of hydrazine groups is 1. The Kier molecular flexibility index (Phi) is 6.59. The number of hydrogen-bond acceptors (Lipinski definition) is 6. The van der Waals surface area contributed by atoms with E-state index in [9.17, 15) is 14.4 Å². The second kappa shape index (κ2) is 8.86. The van der Waals surface area contributed by atoms with E-state index in [0.717, 1.165) is 12.1 Å². The number of carbonyl (C=O) groups is 3.